The summed E-state index contributed by atoms with van der Waals surface area (Å²) in [5.41, 5.74) is 5.47. The van der Waals surface area contributed by atoms with E-state index in [1.165, 1.54) is 5.01 Å². The smallest absolute Gasteiger partial charge is 0.282 e. The highest BCUT2D eigenvalue weighted by Crippen LogP contribution is 2.26. The van der Waals surface area contributed by atoms with Crippen molar-refractivity contribution in [3.05, 3.63) is 102 Å². The van der Waals surface area contributed by atoms with E-state index in [0.29, 0.717) is 11.3 Å². The van der Waals surface area contributed by atoms with E-state index in [1.54, 1.807) is 36.5 Å². The van der Waals surface area contributed by atoms with Gasteiger partial charge < -0.3 is 9.88 Å². The number of hydrogen-bond donors (Lipinski definition) is 2. The molecular weight excluding hydrogens is 416 g/mol. The largest absolute Gasteiger partial charge is 0.337 e. The predicted octanol–water partition coefficient (Wildman–Crippen LogP) is 3.74. The van der Waals surface area contributed by atoms with Gasteiger partial charge in [0, 0.05) is 28.4 Å². The van der Waals surface area contributed by atoms with Crippen molar-refractivity contribution >= 4 is 46.1 Å². The molecule has 1 aliphatic heterocycles. The molecule has 2 heterocycles. The van der Waals surface area contributed by atoms with E-state index in [4.69, 9.17) is 0 Å². The van der Waals surface area contributed by atoms with E-state index in [-0.39, 0.29) is 18.0 Å². The molecule has 0 unspecified atom stereocenters. The number of hydrazine groups is 1. The summed E-state index contributed by atoms with van der Waals surface area (Å²) in [6, 6.07) is 25.7. The van der Waals surface area contributed by atoms with Crippen LogP contribution < -0.4 is 15.8 Å². The van der Waals surface area contributed by atoms with Crippen LogP contribution >= 0.6 is 0 Å². The minimum atomic E-state index is -0.470. The maximum absolute atomic E-state index is 12.9. The summed E-state index contributed by atoms with van der Waals surface area (Å²) in [5, 5.41) is 4.96. The van der Waals surface area contributed by atoms with Gasteiger partial charge >= 0.3 is 0 Å². The second-order valence-corrected chi connectivity index (χ2v) is 7.62. The Bertz CT molecular complexity index is 1390. The number of para-hydroxylation sites is 3. The lowest BCUT2D eigenvalue weighted by molar-refractivity contribution is -0.118. The standard InChI is InChI=1S/C26H20N4O3/c31-24(27-19-9-3-1-4-10-19)17-29-16-18(21-13-7-8-14-23(21)29)15-22-25(32)28-30(26(22)33)20-11-5-2-6-12-20/h1-16H,17H2,(H,27,31)(H,28,32)/b22-15-. The molecular formula is C26H20N4O3. The molecule has 33 heavy (non-hydrogen) atoms. The molecule has 0 spiro atoms. The molecule has 0 saturated carbocycles. The Balaban J connectivity index is 1.45. The summed E-state index contributed by atoms with van der Waals surface area (Å²) in [5.74, 6) is -1.07. The average molecular weight is 436 g/mol. The molecule has 0 bridgehead atoms. The molecule has 1 aromatic heterocycles. The van der Waals surface area contributed by atoms with Gasteiger partial charge in [0.05, 0.1) is 5.69 Å². The third-order valence-electron chi connectivity index (χ3n) is 5.40. The number of carbonyl (C=O) groups is 3. The Morgan fingerprint density at radius 1 is 0.879 bits per heavy atom. The number of aromatic nitrogens is 1. The fourth-order valence-electron chi connectivity index (χ4n) is 3.87. The fraction of sp³-hybridized carbons (Fsp3) is 0.0385. The van der Waals surface area contributed by atoms with Crippen molar-refractivity contribution in [2.75, 3.05) is 10.3 Å². The lowest BCUT2D eigenvalue weighted by Gasteiger charge is -2.13. The maximum Gasteiger partial charge on any atom is 0.282 e. The highest BCUT2D eigenvalue weighted by atomic mass is 16.2. The molecule has 3 aromatic carbocycles. The van der Waals surface area contributed by atoms with Crippen molar-refractivity contribution in [3.8, 4) is 0 Å². The van der Waals surface area contributed by atoms with E-state index in [2.05, 4.69) is 10.7 Å². The molecule has 1 fully saturated rings. The zero-order valence-electron chi connectivity index (χ0n) is 17.6. The first-order chi connectivity index (χ1) is 16.1. The zero-order valence-corrected chi connectivity index (χ0v) is 17.6. The number of carbonyl (C=O) groups excluding carboxylic acids is 3. The van der Waals surface area contributed by atoms with Gasteiger partial charge in [0.25, 0.3) is 11.8 Å². The first-order valence-electron chi connectivity index (χ1n) is 10.4. The molecule has 5 rings (SSSR count). The second kappa shape index (κ2) is 8.47. The molecule has 0 radical (unpaired) electrons. The van der Waals surface area contributed by atoms with E-state index in [0.717, 1.165) is 16.6 Å². The second-order valence-electron chi connectivity index (χ2n) is 7.62. The van der Waals surface area contributed by atoms with Crippen LogP contribution in [-0.4, -0.2) is 22.3 Å². The van der Waals surface area contributed by atoms with E-state index in [1.807, 2.05) is 65.2 Å². The Labute approximate surface area is 189 Å². The molecule has 2 N–H and O–H groups in total. The number of benzene rings is 3. The van der Waals surface area contributed by atoms with Crippen molar-refractivity contribution < 1.29 is 14.4 Å². The molecule has 3 amide bonds. The van der Waals surface area contributed by atoms with Gasteiger partial charge in [-0.1, -0.05) is 54.6 Å². The Hall–Kier alpha value is -4.65. The van der Waals surface area contributed by atoms with Gasteiger partial charge in [-0.05, 0) is 36.4 Å². The topological polar surface area (TPSA) is 83.4 Å². The van der Waals surface area contributed by atoms with Crippen LogP contribution in [0.3, 0.4) is 0 Å². The van der Waals surface area contributed by atoms with Gasteiger partial charge in [-0.25, -0.2) is 5.01 Å². The Kier molecular flexibility index (Phi) is 5.20. The minimum absolute atomic E-state index is 0.0375. The normalized spacial score (nSPS) is 14.7. The van der Waals surface area contributed by atoms with Crippen molar-refractivity contribution in [2.45, 2.75) is 6.54 Å². The van der Waals surface area contributed by atoms with E-state index < -0.39 is 11.8 Å². The van der Waals surface area contributed by atoms with Crippen LogP contribution in [0.1, 0.15) is 5.56 Å². The summed E-state index contributed by atoms with van der Waals surface area (Å²) in [6.07, 6.45) is 3.36. The third kappa shape index (κ3) is 3.99. The average Bonchev–Trinajstić information content (AvgIpc) is 3.32. The van der Waals surface area contributed by atoms with Gasteiger partial charge in [-0.2, -0.15) is 0 Å². The highest BCUT2D eigenvalue weighted by molar-refractivity contribution is 6.32. The molecule has 1 saturated heterocycles. The summed E-state index contributed by atoms with van der Waals surface area (Å²) in [6.45, 7) is 0.0921. The van der Waals surface area contributed by atoms with Crippen LogP contribution in [0.15, 0.2) is 96.7 Å². The monoisotopic (exact) mass is 436 g/mol. The third-order valence-corrected chi connectivity index (χ3v) is 5.40. The number of nitrogens with one attached hydrogen (secondary N) is 2. The minimum Gasteiger partial charge on any atom is -0.337 e. The van der Waals surface area contributed by atoms with Crippen LogP contribution in [0.2, 0.25) is 0 Å². The number of anilines is 2. The van der Waals surface area contributed by atoms with Crippen LogP contribution in [0, 0.1) is 0 Å². The lowest BCUT2D eigenvalue weighted by Crippen LogP contribution is -2.35. The Morgan fingerprint density at radius 2 is 1.55 bits per heavy atom. The number of fused-ring (bicyclic) bond motifs is 1. The highest BCUT2D eigenvalue weighted by Gasteiger charge is 2.34. The summed E-state index contributed by atoms with van der Waals surface area (Å²) in [7, 11) is 0. The van der Waals surface area contributed by atoms with E-state index >= 15 is 0 Å². The number of nitrogens with zero attached hydrogens (tertiary/aromatic N) is 2. The lowest BCUT2D eigenvalue weighted by atomic mass is 10.1. The van der Waals surface area contributed by atoms with Gasteiger partial charge in [-0.3, -0.25) is 19.8 Å². The molecule has 4 aromatic rings. The van der Waals surface area contributed by atoms with Crippen LogP contribution in [0.25, 0.3) is 17.0 Å². The zero-order chi connectivity index (χ0) is 22.8. The molecule has 0 atom stereocenters. The number of rotatable bonds is 5. The van der Waals surface area contributed by atoms with Crippen molar-refractivity contribution in [2.24, 2.45) is 0 Å². The number of amides is 3. The van der Waals surface area contributed by atoms with Crippen LogP contribution in [0.4, 0.5) is 11.4 Å². The van der Waals surface area contributed by atoms with Crippen molar-refractivity contribution in [1.82, 2.24) is 9.99 Å². The SMILES string of the molecule is O=C(Cn1cc(/C=C2/C(=O)NN(c3ccccc3)C2=O)c2ccccc21)Nc1ccccc1. The number of hydrogen-bond acceptors (Lipinski definition) is 3. The molecule has 7 heteroatoms. The molecule has 162 valence electrons. The quantitative estimate of drug-likeness (QED) is 0.369. The summed E-state index contributed by atoms with van der Waals surface area (Å²) in [4.78, 5) is 38.1. The van der Waals surface area contributed by atoms with Gasteiger partial charge in [-0.15, -0.1) is 0 Å². The van der Waals surface area contributed by atoms with Crippen molar-refractivity contribution in [3.63, 3.8) is 0 Å². The van der Waals surface area contributed by atoms with Gasteiger partial charge in [0.2, 0.25) is 5.91 Å². The van der Waals surface area contributed by atoms with Crippen molar-refractivity contribution in [1.29, 1.82) is 0 Å². The predicted molar refractivity (Wildman–Crippen MR) is 127 cm³/mol. The van der Waals surface area contributed by atoms with Gasteiger partial charge in [0.1, 0.15) is 12.1 Å². The fourth-order valence-corrected chi connectivity index (χ4v) is 3.87. The van der Waals surface area contributed by atoms with Crippen LogP contribution in [0.5, 0.6) is 0 Å². The summed E-state index contributed by atoms with van der Waals surface area (Å²) < 4.78 is 1.81. The van der Waals surface area contributed by atoms with Crippen LogP contribution in [-0.2, 0) is 20.9 Å². The van der Waals surface area contributed by atoms with E-state index in [9.17, 15) is 14.4 Å². The molecule has 7 nitrogen and oxygen atoms in total. The first kappa shape index (κ1) is 20.3. The first-order valence-corrected chi connectivity index (χ1v) is 10.4. The summed E-state index contributed by atoms with van der Waals surface area (Å²) >= 11 is 0. The molecule has 1 aliphatic rings. The van der Waals surface area contributed by atoms with Gasteiger partial charge in [0.15, 0.2) is 0 Å². The Morgan fingerprint density at radius 3 is 2.30 bits per heavy atom. The maximum atomic E-state index is 12.9. The molecule has 0 aliphatic carbocycles.